The molecule has 2 aromatic rings. The summed E-state index contributed by atoms with van der Waals surface area (Å²) in [5.41, 5.74) is 7.82. The van der Waals surface area contributed by atoms with Gasteiger partial charge in [-0.1, -0.05) is 37.6 Å². The second-order valence-corrected chi connectivity index (χ2v) is 5.43. The minimum atomic E-state index is 0.431. The molecule has 4 heteroatoms. The molecule has 0 fully saturated rings. The number of thiazole rings is 1. The number of nitrogens with two attached hydrogens (primary N) is 1. The van der Waals surface area contributed by atoms with Gasteiger partial charge in [-0.2, -0.15) is 0 Å². The Kier molecular flexibility index (Phi) is 3.17. The summed E-state index contributed by atoms with van der Waals surface area (Å²) >= 11 is 7.42. The Labute approximate surface area is 104 Å². The van der Waals surface area contributed by atoms with Gasteiger partial charge < -0.3 is 5.73 Å². The highest BCUT2D eigenvalue weighted by molar-refractivity contribution is 7.15. The highest BCUT2D eigenvalue weighted by Gasteiger charge is 2.14. The number of nitrogens with zero attached hydrogens (tertiary/aromatic N) is 1. The molecule has 2 N–H and O–H groups in total. The van der Waals surface area contributed by atoms with Gasteiger partial charge in [0.15, 0.2) is 5.13 Å². The van der Waals surface area contributed by atoms with Crippen LogP contribution in [0.2, 0.25) is 5.02 Å². The lowest BCUT2D eigenvalue weighted by Crippen LogP contribution is -1.88. The van der Waals surface area contributed by atoms with Crippen LogP contribution in [-0.2, 0) is 0 Å². The third-order valence-corrected chi connectivity index (χ3v) is 3.75. The summed E-state index contributed by atoms with van der Waals surface area (Å²) in [6.07, 6.45) is 0. The van der Waals surface area contributed by atoms with E-state index in [0.717, 1.165) is 16.3 Å². The van der Waals surface area contributed by atoms with Crippen molar-refractivity contribution in [2.24, 2.45) is 0 Å². The van der Waals surface area contributed by atoms with E-state index in [2.05, 4.69) is 18.8 Å². The number of aromatic nitrogens is 1. The number of nitrogen functional groups attached to an aromatic ring is 1. The van der Waals surface area contributed by atoms with Crippen molar-refractivity contribution in [2.45, 2.75) is 19.8 Å². The zero-order chi connectivity index (χ0) is 11.7. The molecule has 0 saturated heterocycles. The van der Waals surface area contributed by atoms with Crippen molar-refractivity contribution < 1.29 is 0 Å². The molecule has 2 rings (SSSR count). The summed E-state index contributed by atoms with van der Waals surface area (Å²) in [5, 5.41) is 1.35. The molecule has 1 aromatic carbocycles. The fraction of sp³-hybridized carbons (Fsp3) is 0.250. The normalized spacial score (nSPS) is 11.0. The Morgan fingerprint density at radius 3 is 2.44 bits per heavy atom. The van der Waals surface area contributed by atoms with E-state index in [1.54, 1.807) is 11.3 Å². The zero-order valence-corrected chi connectivity index (χ0v) is 10.8. The Bertz CT molecular complexity index is 488. The van der Waals surface area contributed by atoms with E-state index in [4.69, 9.17) is 17.3 Å². The summed E-state index contributed by atoms with van der Waals surface area (Å²) in [5.74, 6) is 0.431. The Morgan fingerprint density at radius 2 is 1.88 bits per heavy atom. The number of hydrogen-bond acceptors (Lipinski definition) is 3. The average molecular weight is 253 g/mol. The van der Waals surface area contributed by atoms with Crippen molar-refractivity contribution in [2.75, 3.05) is 5.73 Å². The van der Waals surface area contributed by atoms with Crippen molar-refractivity contribution in [3.8, 4) is 11.3 Å². The number of halogens is 1. The van der Waals surface area contributed by atoms with Gasteiger partial charge in [-0.15, -0.1) is 11.3 Å². The average Bonchev–Trinajstić information content (AvgIpc) is 2.61. The first-order valence-corrected chi connectivity index (χ1v) is 6.29. The fourth-order valence-corrected chi connectivity index (χ4v) is 2.54. The second-order valence-electron chi connectivity index (χ2n) is 3.93. The topological polar surface area (TPSA) is 38.9 Å². The van der Waals surface area contributed by atoms with Crippen LogP contribution in [0.25, 0.3) is 11.3 Å². The van der Waals surface area contributed by atoms with Crippen molar-refractivity contribution in [1.29, 1.82) is 0 Å². The SMILES string of the molecule is CC(C)c1sc(N)nc1-c1ccc(Cl)cc1. The fourth-order valence-electron chi connectivity index (χ4n) is 1.55. The highest BCUT2D eigenvalue weighted by atomic mass is 35.5. The molecule has 16 heavy (non-hydrogen) atoms. The number of hydrogen-bond donors (Lipinski definition) is 1. The molecule has 0 atom stereocenters. The number of rotatable bonds is 2. The van der Waals surface area contributed by atoms with Crippen molar-refractivity contribution in [3.63, 3.8) is 0 Å². The van der Waals surface area contributed by atoms with Gasteiger partial charge in [0, 0.05) is 15.5 Å². The molecule has 0 aliphatic carbocycles. The summed E-state index contributed by atoms with van der Waals surface area (Å²) in [4.78, 5) is 5.61. The summed E-state index contributed by atoms with van der Waals surface area (Å²) in [6, 6.07) is 7.69. The third kappa shape index (κ3) is 2.20. The van der Waals surface area contributed by atoms with E-state index in [1.807, 2.05) is 24.3 Å². The van der Waals surface area contributed by atoms with Crippen LogP contribution in [0.1, 0.15) is 24.6 Å². The maximum absolute atomic E-state index is 5.86. The van der Waals surface area contributed by atoms with Crippen LogP contribution in [0.5, 0.6) is 0 Å². The van der Waals surface area contributed by atoms with Crippen LogP contribution in [0.4, 0.5) is 5.13 Å². The molecule has 0 amide bonds. The maximum Gasteiger partial charge on any atom is 0.180 e. The number of benzene rings is 1. The molecule has 84 valence electrons. The molecular formula is C12H13ClN2S. The zero-order valence-electron chi connectivity index (χ0n) is 9.20. The molecule has 2 nitrogen and oxygen atoms in total. The quantitative estimate of drug-likeness (QED) is 0.871. The van der Waals surface area contributed by atoms with E-state index in [0.29, 0.717) is 11.0 Å². The lowest BCUT2D eigenvalue weighted by atomic mass is 10.1. The monoisotopic (exact) mass is 252 g/mol. The minimum absolute atomic E-state index is 0.431. The molecule has 0 radical (unpaired) electrons. The highest BCUT2D eigenvalue weighted by Crippen LogP contribution is 2.35. The first kappa shape index (κ1) is 11.4. The molecule has 1 heterocycles. The first-order chi connectivity index (χ1) is 7.58. The van der Waals surface area contributed by atoms with Gasteiger partial charge >= 0.3 is 0 Å². The van der Waals surface area contributed by atoms with Crippen LogP contribution < -0.4 is 5.73 Å². The largest absolute Gasteiger partial charge is 0.375 e. The van der Waals surface area contributed by atoms with Crippen molar-refractivity contribution in [3.05, 3.63) is 34.2 Å². The molecule has 0 aliphatic rings. The summed E-state index contributed by atoms with van der Waals surface area (Å²) < 4.78 is 0. The van der Waals surface area contributed by atoms with E-state index in [9.17, 15) is 0 Å². The van der Waals surface area contributed by atoms with Crippen LogP contribution in [-0.4, -0.2) is 4.98 Å². The van der Waals surface area contributed by atoms with Crippen molar-refractivity contribution in [1.82, 2.24) is 4.98 Å². The van der Waals surface area contributed by atoms with Gasteiger partial charge in [-0.05, 0) is 18.1 Å². The number of anilines is 1. The van der Waals surface area contributed by atoms with Gasteiger partial charge in [-0.3, -0.25) is 0 Å². The molecule has 0 unspecified atom stereocenters. The van der Waals surface area contributed by atoms with Crippen molar-refractivity contribution >= 4 is 28.1 Å². The molecular weight excluding hydrogens is 240 g/mol. The predicted octanol–water partition coefficient (Wildman–Crippen LogP) is 4.17. The van der Waals surface area contributed by atoms with Gasteiger partial charge in [0.25, 0.3) is 0 Å². The van der Waals surface area contributed by atoms with Crippen LogP contribution >= 0.6 is 22.9 Å². The molecule has 0 saturated carbocycles. The van der Waals surface area contributed by atoms with Crippen LogP contribution in [0.15, 0.2) is 24.3 Å². The van der Waals surface area contributed by atoms with E-state index in [-0.39, 0.29) is 0 Å². The van der Waals surface area contributed by atoms with Crippen LogP contribution in [0, 0.1) is 0 Å². The van der Waals surface area contributed by atoms with Gasteiger partial charge in [0.2, 0.25) is 0 Å². The molecule has 1 aromatic heterocycles. The smallest absolute Gasteiger partial charge is 0.180 e. The maximum atomic E-state index is 5.86. The first-order valence-electron chi connectivity index (χ1n) is 5.10. The second kappa shape index (κ2) is 4.44. The lowest BCUT2D eigenvalue weighted by molar-refractivity contribution is 0.888. The molecule has 0 aliphatic heterocycles. The standard InChI is InChI=1S/C12H13ClN2S/c1-7(2)11-10(15-12(14)16-11)8-3-5-9(13)6-4-8/h3-7H,1-2H3,(H2,14,15). The Hall–Kier alpha value is -1.06. The van der Waals surface area contributed by atoms with E-state index < -0.39 is 0 Å². The van der Waals surface area contributed by atoms with Gasteiger partial charge in [0.1, 0.15) is 0 Å². The van der Waals surface area contributed by atoms with E-state index >= 15 is 0 Å². The minimum Gasteiger partial charge on any atom is -0.375 e. The molecule has 0 spiro atoms. The van der Waals surface area contributed by atoms with Crippen LogP contribution in [0.3, 0.4) is 0 Å². The predicted molar refractivity (Wildman–Crippen MR) is 71.1 cm³/mol. The van der Waals surface area contributed by atoms with Gasteiger partial charge in [0.05, 0.1) is 5.69 Å². The van der Waals surface area contributed by atoms with Gasteiger partial charge in [-0.25, -0.2) is 4.98 Å². The summed E-state index contributed by atoms with van der Waals surface area (Å²) in [6.45, 7) is 4.29. The lowest BCUT2D eigenvalue weighted by Gasteiger charge is -2.04. The Balaban J connectivity index is 2.50. The Morgan fingerprint density at radius 1 is 1.25 bits per heavy atom. The van der Waals surface area contributed by atoms with E-state index in [1.165, 1.54) is 4.88 Å². The molecule has 0 bridgehead atoms. The summed E-state index contributed by atoms with van der Waals surface area (Å²) in [7, 11) is 0. The third-order valence-electron chi connectivity index (χ3n) is 2.31.